The van der Waals surface area contributed by atoms with Gasteiger partial charge in [-0.05, 0) is 22.4 Å². The topological polar surface area (TPSA) is 64.6 Å². The molecular formula is C16H32O7. The molecule has 0 rings (SSSR count). The second-order valence-corrected chi connectivity index (χ2v) is 5.79. The molecule has 0 spiro atoms. The Kier molecular flexibility index (Phi) is 18.8. The average molecular weight is 336 g/mol. The van der Waals surface area contributed by atoms with Crippen LogP contribution >= 0.6 is 0 Å². The summed E-state index contributed by atoms with van der Waals surface area (Å²) in [5.41, 5.74) is 0. The summed E-state index contributed by atoms with van der Waals surface area (Å²) >= 11 is 0. The highest BCUT2D eigenvalue weighted by Gasteiger charge is 1.97. The summed E-state index contributed by atoms with van der Waals surface area (Å²) in [6.45, 7) is 8.19. The molecule has 23 heavy (non-hydrogen) atoms. The summed E-state index contributed by atoms with van der Waals surface area (Å²) in [6.07, 6.45) is 13.6. The summed E-state index contributed by atoms with van der Waals surface area (Å²) < 4.78 is 0. The van der Waals surface area contributed by atoms with Crippen molar-refractivity contribution in [1.29, 1.82) is 0 Å². The number of hydrogen-bond acceptors (Lipinski definition) is 7. The van der Waals surface area contributed by atoms with Gasteiger partial charge in [-0.2, -0.15) is 0 Å². The molecule has 0 atom stereocenters. The van der Waals surface area contributed by atoms with Crippen LogP contribution in [0.5, 0.6) is 0 Å². The van der Waals surface area contributed by atoms with Gasteiger partial charge in [-0.25, -0.2) is 4.89 Å². The van der Waals surface area contributed by atoms with Gasteiger partial charge in [0.25, 0.3) is 0 Å². The maximum Gasteiger partial charge on any atom is 0.125 e. The first-order valence-electron chi connectivity index (χ1n) is 8.50. The Morgan fingerprint density at radius 1 is 0.696 bits per heavy atom. The van der Waals surface area contributed by atoms with E-state index in [0.717, 1.165) is 25.0 Å². The van der Waals surface area contributed by atoms with E-state index in [1.54, 1.807) is 0 Å². The second kappa shape index (κ2) is 19.3. The molecule has 0 aromatic rings. The largest absolute Gasteiger partial charge is 0.315 e. The predicted molar refractivity (Wildman–Crippen MR) is 83.7 cm³/mol. The molecule has 7 nitrogen and oxygen atoms in total. The molecule has 7 heteroatoms. The van der Waals surface area contributed by atoms with Crippen LogP contribution in [0.4, 0.5) is 0 Å². The molecule has 0 unspecified atom stereocenters. The molecule has 0 aromatic heterocycles. The highest BCUT2D eigenvalue weighted by Crippen LogP contribution is 2.13. The third-order valence-corrected chi connectivity index (χ3v) is 3.28. The SMILES string of the molecule is C=COOOOOOOCCCCCCCCCCCC(C)C. The Morgan fingerprint density at radius 3 is 1.83 bits per heavy atom. The molecule has 0 amide bonds. The van der Waals surface area contributed by atoms with Crippen LogP contribution in [-0.4, -0.2) is 6.61 Å². The first kappa shape index (κ1) is 22.3. The number of hydrogen-bond donors (Lipinski definition) is 0. The fourth-order valence-corrected chi connectivity index (χ4v) is 2.08. The van der Waals surface area contributed by atoms with Crippen LogP contribution in [0.3, 0.4) is 0 Å². The third kappa shape index (κ3) is 21.3. The van der Waals surface area contributed by atoms with Crippen molar-refractivity contribution in [2.45, 2.75) is 78.1 Å². The van der Waals surface area contributed by atoms with Gasteiger partial charge in [0.15, 0.2) is 0 Å². The molecule has 0 N–H and O–H groups in total. The molecule has 0 aliphatic rings. The molecule has 0 heterocycles. The lowest BCUT2D eigenvalue weighted by Gasteiger charge is -2.04. The zero-order valence-electron chi connectivity index (χ0n) is 14.5. The van der Waals surface area contributed by atoms with E-state index in [4.69, 9.17) is 0 Å². The Hall–Kier alpha value is -0.700. The van der Waals surface area contributed by atoms with Crippen molar-refractivity contribution in [3.05, 3.63) is 12.8 Å². The Bertz CT molecular complexity index is 236. The van der Waals surface area contributed by atoms with Crippen molar-refractivity contribution < 1.29 is 35.0 Å². The lowest BCUT2D eigenvalue weighted by Crippen LogP contribution is -2.01. The Morgan fingerprint density at radius 2 is 1.22 bits per heavy atom. The minimum absolute atomic E-state index is 0.419. The van der Waals surface area contributed by atoms with Crippen LogP contribution in [0.15, 0.2) is 12.8 Å². The maximum absolute atomic E-state index is 4.69. The minimum Gasteiger partial charge on any atom is -0.315 e. The van der Waals surface area contributed by atoms with Gasteiger partial charge in [0, 0.05) is 15.1 Å². The maximum atomic E-state index is 4.69. The number of rotatable bonds is 19. The highest BCUT2D eigenvalue weighted by atomic mass is 17.9. The summed E-state index contributed by atoms with van der Waals surface area (Å²) in [7, 11) is 0. The lowest BCUT2D eigenvalue weighted by atomic mass is 10.0. The summed E-state index contributed by atoms with van der Waals surface area (Å²) in [5, 5.41) is 19.9. The van der Waals surface area contributed by atoms with Crippen molar-refractivity contribution in [1.82, 2.24) is 0 Å². The van der Waals surface area contributed by atoms with Gasteiger partial charge in [-0.1, -0.05) is 78.2 Å². The van der Waals surface area contributed by atoms with Gasteiger partial charge in [-0.15, -0.1) is 0 Å². The quantitative estimate of drug-likeness (QED) is 0.137. The first-order valence-corrected chi connectivity index (χ1v) is 8.50. The van der Waals surface area contributed by atoms with Crippen molar-refractivity contribution >= 4 is 0 Å². The molecule has 138 valence electrons. The molecule has 0 saturated carbocycles. The standard InChI is InChI=1S/C16H32O7/c1-4-17-19-21-23-22-20-18-15-13-11-9-7-5-6-8-10-12-14-16(2)3/h4,16H,1,5-15H2,2-3H3. The Labute approximate surface area is 139 Å². The highest BCUT2D eigenvalue weighted by molar-refractivity contribution is 4.49. The molecule has 0 saturated heterocycles. The summed E-state index contributed by atoms with van der Waals surface area (Å²) in [5.74, 6) is 0.838. The zero-order chi connectivity index (χ0) is 17.0. The van der Waals surface area contributed by atoms with Gasteiger partial charge >= 0.3 is 0 Å². The summed E-state index contributed by atoms with van der Waals surface area (Å²) in [4.78, 5) is 8.79. The van der Waals surface area contributed by atoms with E-state index in [2.05, 4.69) is 55.4 Å². The fraction of sp³-hybridized carbons (Fsp3) is 0.875. The van der Waals surface area contributed by atoms with Gasteiger partial charge < -0.3 is 4.89 Å². The van der Waals surface area contributed by atoms with Gasteiger partial charge in [-0.3, -0.25) is 0 Å². The van der Waals surface area contributed by atoms with Crippen LogP contribution in [0.2, 0.25) is 0 Å². The van der Waals surface area contributed by atoms with Crippen molar-refractivity contribution in [2.24, 2.45) is 5.92 Å². The summed E-state index contributed by atoms with van der Waals surface area (Å²) in [6, 6.07) is 0. The molecular weight excluding hydrogens is 304 g/mol. The van der Waals surface area contributed by atoms with E-state index in [1.165, 1.54) is 51.4 Å². The molecule has 0 aliphatic heterocycles. The molecule has 0 fully saturated rings. The second-order valence-electron chi connectivity index (χ2n) is 5.79. The molecule has 0 radical (unpaired) electrons. The third-order valence-electron chi connectivity index (χ3n) is 3.28. The van der Waals surface area contributed by atoms with Crippen LogP contribution in [0.1, 0.15) is 78.1 Å². The van der Waals surface area contributed by atoms with Crippen LogP contribution in [0.25, 0.3) is 0 Å². The predicted octanol–water partition coefficient (Wildman–Crippen LogP) is 5.29. The molecule has 0 aliphatic carbocycles. The van der Waals surface area contributed by atoms with Crippen molar-refractivity contribution in [3.63, 3.8) is 0 Å². The van der Waals surface area contributed by atoms with Crippen LogP contribution in [0, 0.1) is 5.92 Å². The minimum atomic E-state index is 0.419. The van der Waals surface area contributed by atoms with E-state index in [9.17, 15) is 0 Å². The van der Waals surface area contributed by atoms with Crippen LogP contribution < -0.4 is 0 Å². The smallest absolute Gasteiger partial charge is 0.125 e. The van der Waals surface area contributed by atoms with Gasteiger partial charge in [0.2, 0.25) is 0 Å². The normalized spacial score (nSPS) is 11.1. The lowest BCUT2D eigenvalue weighted by molar-refractivity contribution is -0.786. The first-order chi connectivity index (χ1) is 11.3. The fourth-order valence-electron chi connectivity index (χ4n) is 2.08. The molecule has 0 aromatic carbocycles. The monoisotopic (exact) mass is 336 g/mol. The van der Waals surface area contributed by atoms with E-state index >= 15 is 0 Å². The van der Waals surface area contributed by atoms with E-state index in [0.29, 0.717) is 6.61 Å². The average Bonchev–Trinajstić information content (AvgIpc) is 2.53. The van der Waals surface area contributed by atoms with E-state index < -0.39 is 0 Å². The molecule has 0 bridgehead atoms. The van der Waals surface area contributed by atoms with Crippen molar-refractivity contribution in [3.8, 4) is 0 Å². The van der Waals surface area contributed by atoms with E-state index in [-0.39, 0.29) is 0 Å². The van der Waals surface area contributed by atoms with E-state index in [1.807, 2.05) is 0 Å². The van der Waals surface area contributed by atoms with Gasteiger partial charge in [0.05, 0.1) is 6.61 Å². The van der Waals surface area contributed by atoms with Crippen LogP contribution in [-0.2, 0) is 35.0 Å². The van der Waals surface area contributed by atoms with Gasteiger partial charge in [0.1, 0.15) is 6.26 Å². The Balaban J connectivity index is 2.96. The zero-order valence-corrected chi connectivity index (χ0v) is 14.5. The van der Waals surface area contributed by atoms with Crippen molar-refractivity contribution in [2.75, 3.05) is 6.61 Å². The number of unbranched alkanes of at least 4 members (excludes halogenated alkanes) is 8.